The molecule has 152 valence electrons. The van der Waals surface area contributed by atoms with E-state index in [1.54, 1.807) is 0 Å². The number of aliphatic hydroxyl groups is 1. The van der Waals surface area contributed by atoms with E-state index in [0.717, 1.165) is 18.4 Å². The summed E-state index contributed by atoms with van der Waals surface area (Å²) in [6.07, 6.45) is 2.49. The Morgan fingerprint density at radius 1 is 0.867 bits per heavy atom. The molecule has 4 atom stereocenters. The average Bonchev–Trinajstić information content (AvgIpc) is 2.81. The minimum Gasteiger partial charge on any atom is -0.377 e. The normalized spacial score (nSPS) is 25.9. The van der Waals surface area contributed by atoms with Crippen molar-refractivity contribution >= 4 is 0 Å². The van der Waals surface area contributed by atoms with Crippen LogP contribution in [0.15, 0.2) is 91.0 Å². The van der Waals surface area contributed by atoms with Gasteiger partial charge in [-0.2, -0.15) is 0 Å². The summed E-state index contributed by atoms with van der Waals surface area (Å²) in [4.78, 5) is 0. The predicted octanol–water partition coefficient (Wildman–Crippen LogP) is 5.66. The molecular weight excluding hydrogens is 366 g/mol. The van der Waals surface area contributed by atoms with Gasteiger partial charge in [0.2, 0.25) is 0 Å². The highest BCUT2D eigenvalue weighted by Crippen LogP contribution is 2.45. The summed E-state index contributed by atoms with van der Waals surface area (Å²) in [6, 6.07) is 30.9. The number of piperidine rings is 1. The smallest absolute Gasteiger partial charge is 0.132 e. The molecule has 0 bridgehead atoms. The van der Waals surface area contributed by atoms with Gasteiger partial charge in [-0.25, -0.2) is 0 Å². The summed E-state index contributed by atoms with van der Waals surface area (Å²) in [6.45, 7) is 2.18. The van der Waals surface area contributed by atoms with E-state index in [-0.39, 0.29) is 18.0 Å². The summed E-state index contributed by atoms with van der Waals surface area (Å²) in [5, 5.41) is 15.8. The van der Waals surface area contributed by atoms with Gasteiger partial charge in [0.1, 0.15) is 5.60 Å². The van der Waals surface area contributed by atoms with Crippen molar-refractivity contribution in [1.29, 1.82) is 0 Å². The molecule has 2 nitrogen and oxygen atoms in total. The van der Waals surface area contributed by atoms with Crippen LogP contribution in [0.4, 0.5) is 0 Å². The molecule has 4 rings (SSSR count). The second-order valence-corrected chi connectivity index (χ2v) is 8.16. The molecule has 3 aromatic carbocycles. The Hall–Kier alpha value is -2.86. The van der Waals surface area contributed by atoms with Gasteiger partial charge in [-0.05, 0) is 29.7 Å². The maximum absolute atomic E-state index is 12.0. The lowest BCUT2D eigenvalue weighted by molar-refractivity contribution is -0.0317. The van der Waals surface area contributed by atoms with Crippen molar-refractivity contribution in [3.8, 4) is 11.8 Å². The van der Waals surface area contributed by atoms with Gasteiger partial charge >= 0.3 is 0 Å². The molecule has 0 unspecified atom stereocenters. The highest BCUT2D eigenvalue weighted by molar-refractivity contribution is 5.38. The first-order chi connectivity index (χ1) is 14.7. The molecule has 0 radical (unpaired) electrons. The Balaban J connectivity index is 1.77. The van der Waals surface area contributed by atoms with Gasteiger partial charge in [0.05, 0.1) is 0 Å². The molecule has 3 aromatic rings. The van der Waals surface area contributed by atoms with Crippen molar-refractivity contribution in [1.82, 2.24) is 5.32 Å². The van der Waals surface area contributed by atoms with E-state index in [1.807, 2.05) is 42.5 Å². The largest absolute Gasteiger partial charge is 0.377 e. The van der Waals surface area contributed by atoms with Gasteiger partial charge in [0, 0.05) is 30.0 Å². The van der Waals surface area contributed by atoms with E-state index in [2.05, 4.69) is 72.6 Å². The minimum absolute atomic E-state index is 0.0149. The van der Waals surface area contributed by atoms with Crippen LogP contribution in [0.1, 0.15) is 55.0 Å². The van der Waals surface area contributed by atoms with Crippen LogP contribution in [0.5, 0.6) is 0 Å². The number of hydrogen-bond acceptors (Lipinski definition) is 2. The number of rotatable bonds is 4. The summed E-state index contributed by atoms with van der Waals surface area (Å²) in [5.74, 6) is 6.59. The first-order valence-electron chi connectivity index (χ1n) is 10.9. The lowest BCUT2D eigenvalue weighted by Gasteiger charge is -2.46. The Morgan fingerprint density at radius 3 is 2.03 bits per heavy atom. The van der Waals surface area contributed by atoms with Crippen LogP contribution in [0.3, 0.4) is 0 Å². The fraction of sp³-hybridized carbons (Fsp3) is 0.286. The van der Waals surface area contributed by atoms with Gasteiger partial charge in [-0.1, -0.05) is 104 Å². The molecule has 2 N–H and O–H groups in total. The van der Waals surface area contributed by atoms with Crippen LogP contribution in [-0.4, -0.2) is 10.7 Å². The molecule has 0 spiro atoms. The second kappa shape index (κ2) is 9.30. The summed E-state index contributed by atoms with van der Waals surface area (Å²) < 4.78 is 0. The highest BCUT2D eigenvalue weighted by atomic mass is 16.3. The number of benzene rings is 3. The first-order valence-corrected chi connectivity index (χ1v) is 10.9. The second-order valence-electron chi connectivity index (χ2n) is 8.16. The van der Waals surface area contributed by atoms with Gasteiger partial charge in [-0.15, -0.1) is 0 Å². The molecule has 30 heavy (non-hydrogen) atoms. The third kappa shape index (κ3) is 4.49. The Labute approximate surface area is 180 Å². The van der Waals surface area contributed by atoms with Crippen LogP contribution in [0.2, 0.25) is 0 Å². The van der Waals surface area contributed by atoms with Gasteiger partial charge in [-0.3, -0.25) is 0 Å². The summed E-state index contributed by atoms with van der Waals surface area (Å²) in [7, 11) is 0. The maximum atomic E-state index is 12.0. The monoisotopic (exact) mass is 395 g/mol. The van der Waals surface area contributed by atoms with Crippen molar-refractivity contribution < 1.29 is 5.11 Å². The van der Waals surface area contributed by atoms with Crippen molar-refractivity contribution in [3.63, 3.8) is 0 Å². The lowest BCUT2D eigenvalue weighted by Crippen LogP contribution is -2.52. The molecule has 1 fully saturated rings. The molecule has 0 aromatic heterocycles. The SMILES string of the molecule is CCC[C@@H]1[C@@H](c2ccccc2)N[C@H](c2ccccc2)C[C@]1(O)C#Cc1ccccc1. The molecule has 0 aliphatic carbocycles. The highest BCUT2D eigenvalue weighted by Gasteiger charge is 2.47. The van der Waals surface area contributed by atoms with E-state index < -0.39 is 5.60 Å². The quantitative estimate of drug-likeness (QED) is 0.559. The van der Waals surface area contributed by atoms with E-state index in [4.69, 9.17) is 0 Å². The predicted molar refractivity (Wildman–Crippen MR) is 123 cm³/mol. The molecule has 0 amide bonds. The van der Waals surface area contributed by atoms with Gasteiger partial charge in [0.15, 0.2) is 0 Å². The Morgan fingerprint density at radius 2 is 1.43 bits per heavy atom. The zero-order chi connectivity index (χ0) is 20.8. The topological polar surface area (TPSA) is 32.3 Å². The molecule has 0 saturated carbocycles. The van der Waals surface area contributed by atoms with Gasteiger partial charge in [0.25, 0.3) is 0 Å². The fourth-order valence-electron chi connectivity index (χ4n) is 4.58. The van der Waals surface area contributed by atoms with E-state index in [1.165, 1.54) is 11.1 Å². The minimum atomic E-state index is -1.07. The van der Waals surface area contributed by atoms with Crippen LogP contribution in [0.25, 0.3) is 0 Å². The van der Waals surface area contributed by atoms with Crippen LogP contribution >= 0.6 is 0 Å². The Bertz CT molecular complexity index is 990. The fourth-order valence-corrected chi connectivity index (χ4v) is 4.58. The molecule has 1 aliphatic heterocycles. The van der Waals surface area contributed by atoms with Crippen molar-refractivity contribution in [2.45, 2.75) is 43.9 Å². The molecule has 2 heteroatoms. The van der Waals surface area contributed by atoms with Crippen LogP contribution in [-0.2, 0) is 0 Å². The summed E-state index contributed by atoms with van der Waals surface area (Å²) >= 11 is 0. The number of nitrogens with one attached hydrogen (secondary N) is 1. The Kier molecular flexibility index (Phi) is 6.33. The van der Waals surface area contributed by atoms with Crippen LogP contribution < -0.4 is 5.32 Å². The average molecular weight is 396 g/mol. The lowest BCUT2D eigenvalue weighted by atomic mass is 9.69. The zero-order valence-corrected chi connectivity index (χ0v) is 17.5. The molecule has 1 aliphatic rings. The summed E-state index contributed by atoms with van der Waals surface area (Å²) in [5.41, 5.74) is 2.26. The first kappa shape index (κ1) is 20.4. The third-order valence-corrected chi connectivity index (χ3v) is 6.07. The van der Waals surface area contributed by atoms with Crippen molar-refractivity contribution in [2.75, 3.05) is 0 Å². The van der Waals surface area contributed by atoms with Crippen LogP contribution in [0, 0.1) is 17.8 Å². The molecule has 1 saturated heterocycles. The van der Waals surface area contributed by atoms with E-state index in [9.17, 15) is 5.11 Å². The van der Waals surface area contributed by atoms with Crippen molar-refractivity contribution in [3.05, 3.63) is 108 Å². The molecule has 1 heterocycles. The zero-order valence-electron chi connectivity index (χ0n) is 17.5. The number of hydrogen-bond donors (Lipinski definition) is 2. The van der Waals surface area contributed by atoms with Gasteiger partial charge < -0.3 is 10.4 Å². The standard InChI is InChI=1S/C28H29NO/c1-2-12-25-27(24-17-10-5-11-18-24)29-26(23-15-8-4-9-16-23)21-28(25,30)20-19-22-13-6-3-7-14-22/h3-11,13-18,25-27,29-30H,2,12,21H2,1H3/t25-,26+,27-,28-/m1/s1. The third-order valence-electron chi connectivity index (χ3n) is 6.07. The van der Waals surface area contributed by atoms with E-state index in [0.29, 0.717) is 6.42 Å². The van der Waals surface area contributed by atoms with Crippen molar-refractivity contribution in [2.24, 2.45) is 5.92 Å². The van der Waals surface area contributed by atoms with E-state index >= 15 is 0 Å². The molecular formula is C28H29NO. The maximum Gasteiger partial charge on any atom is 0.132 e.